The van der Waals surface area contributed by atoms with Crippen molar-refractivity contribution in [3.05, 3.63) is 113 Å². The molecule has 5 aromatic rings. The van der Waals surface area contributed by atoms with Gasteiger partial charge in [-0.1, -0.05) is 114 Å². The Morgan fingerprint density at radius 3 is 2.37 bits per heavy atom. The number of hydrogen-bond donors (Lipinski definition) is 4. The maximum Gasteiger partial charge on any atom is 0.258 e. The summed E-state index contributed by atoms with van der Waals surface area (Å²) >= 11 is 0. The number of aromatic nitrogens is 1. The number of unbranched alkanes of at least 4 members (excludes halogenated alkanes) is 1. The topological polar surface area (TPSA) is 158 Å². The second kappa shape index (κ2) is 22.2. The number of hydrogen-bond acceptors (Lipinski definition) is 8. The molecule has 62 heavy (non-hydrogen) atoms. The number of ether oxygens (including phenoxy) is 2. The van der Waals surface area contributed by atoms with E-state index in [2.05, 4.69) is 85.9 Å². The average Bonchev–Trinajstić information content (AvgIpc) is 3.72. The van der Waals surface area contributed by atoms with Gasteiger partial charge in [0.05, 0.1) is 19.3 Å². The Hall–Kier alpha value is -5.94. The SMILES string of the molecule is CC(C)CCOc1ccc2ccccc2c1-c1c(OCC(=O)N[C@H](CCCCN)C(=O)NCC(=O)N[C@@H](CC(C)C)c2ncc(Cc3ccccc3)o2)ccc2c1=CC(C)CC=2. The van der Waals surface area contributed by atoms with E-state index < -0.39 is 29.8 Å². The van der Waals surface area contributed by atoms with Crippen molar-refractivity contribution in [3.63, 3.8) is 0 Å². The summed E-state index contributed by atoms with van der Waals surface area (Å²) in [5.74, 6) is 2.09. The van der Waals surface area contributed by atoms with Gasteiger partial charge in [-0.3, -0.25) is 14.4 Å². The zero-order chi connectivity index (χ0) is 44.0. The molecule has 1 heterocycles. The van der Waals surface area contributed by atoms with Crippen LogP contribution in [0.3, 0.4) is 0 Å². The summed E-state index contributed by atoms with van der Waals surface area (Å²) in [6.07, 6.45) is 10.8. The molecule has 0 saturated carbocycles. The predicted molar refractivity (Wildman–Crippen MR) is 246 cm³/mol. The number of rotatable bonds is 22. The lowest BCUT2D eigenvalue weighted by atomic mass is 9.90. The Balaban J connectivity index is 1.16. The number of benzene rings is 4. The van der Waals surface area contributed by atoms with Gasteiger partial charge in [0.25, 0.3) is 5.91 Å². The number of carbonyl (C=O) groups excluding carboxylic acids is 3. The summed E-state index contributed by atoms with van der Waals surface area (Å²) in [4.78, 5) is 45.2. The highest BCUT2D eigenvalue weighted by Gasteiger charge is 2.26. The van der Waals surface area contributed by atoms with Gasteiger partial charge in [0.1, 0.15) is 29.3 Å². The van der Waals surface area contributed by atoms with Crippen LogP contribution in [0, 0.1) is 17.8 Å². The monoisotopic (exact) mass is 841 g/mol. The van der Waals surface area contributed by atoms with Gasteiger partial charge >= 0.3 is 0 Å². The van der Waals surface area contributed by atoms with Crippen LogP contribution in [0.4, 0.5) is 0 Å². The Morgan fingerprint density at radius 2 is 1.60 bits per heavy atom. The van der Waals surface area contributed by atoms with Gasteiger partial charge in [-0.25, -0.2) is 4.98 Å². The number of amides is 3. The highest BCUT2D eigenvalue weighted by Crippen LogP contribution is 2.40. The molecule has 4 aromatic carbocycles. The highest BCUT2D eigenvalue weighted by atomic mass is 16.5. The fourth-order valence-corrected chi connectivity index (χ4v) is 7.78. The van der Waals surface area contributed by atoms with Gasteiger partial charge in [0.2, 0.25) is 17.7 Å². The van der Waals surface area contributed by atoms with Crippen molar-refractivity contribution >= 4 is 40.6 Å². The first-order valence-electron chi connectivity index (χ1n) is 22.2. The second-order valence-corrected chi connectivity index (χ2v) is 17.2. The molecule has 1 aliphatic carbocycles. The van der Waals surface area contributed by atoms with Crippen LogP contribution in [0.25, 0.3) is 34.1 Å². The summed E-state index contributed by atoms with van der Waals surface area (Å²) < 4.78 is 19.0. The highest BCUT2D eigenvalue weighted by molar-refractivity contribution is 6.01. The van der Waals surface area contributed by atoms with Crippen molar-refractivity contribution in [1.82, 2.24) is 20.9 Å². The molecular weight excluding hydrogens is 779 g/mol. The first-order chi connectivity index (χ1) is 30.0. The normalized spacial score (nSPS) is 14.4. The molecule has 0 radical (unpaired) electrons. The molecule has 0 spiro atoms. The first-order valence-corrected chi connectivity index (χ1v) is 22.2. The van der Waals surface area contributed by atoms with Crippen molar-refractivity contribution < 1.29 is 28.3 Å². The second-order valence-electron chi connectivity index (χ2n) is 17.2. The Labute approximate surface area is 365 Å². The minimum atomic E-state index is -0.907. The summed E-state index contributed by atoms with van der Waals surface area (Å²) in [5, 5.41) is 12.8. The Kier molecular flexibility index (Phi) is 16.4. The molecule has 1 aliphatic rings. The number of fused-ring (bicyclic) bond motifs is 2. The summed E-state index contributed by atoms with van der Waals surface area (Å²) in [6, 6.07) is 24.8. The zero-order valence-electron chi connectivity index (χ0n) is 36.9. The molecule has 1 aromatic heterocycles. The summed E-state index contributed by atoms with van der Waals surface area (Å²) in [6.45, 7) is 11.0. The van der Waals surface area contributed by atoms with Crippen molar-refractivity contribution in [2.24, 2.45) is 23.5 Å². The van der Waals surface area contributed by atoms with Crippen LogP contribution in [0.2, 0.25) is 0 Å². The van der Waals surface area contributed by atoms with E-state index in [9.17, 15) is 14.4 Å². The van der Waals surface area contributed by atoms with Gasteiger partial charge in [0.15, 0.2) is 6.61 Å². The van der Waals surface area contributed by atoms with Gasteiger partial charge in [0, 0.05) is 17.5 Å². The van der Waals surface area contributed by atoms with Crippen molar-refractivity contribution in [3.8, 4) is 22.6 Å². The standard InChI is InChI=1S/C51H63N5O6/c1-33(2)24-26-60-44-22-20-37-15-9-10-16-40(37)48(44)49-41-28-35(5)18-19-38(41)21-23-45(49)61-32-47(58)55-42(17-11-12-25-52)50(59)53-31-46(57)56-43(27-34(3)4)51-54-30-39(62-51)29-36-13-7-6-8-14-36/h6-10,13-16,19-23,28,30,33-35,42-43H,11-12,17-18,24-27,29,31-32,52H2,1-5H3,(H,53,59)(H,55,58)(H,56,57)/t35?,42-,43+/m1/s1. The van der Waals surface area contributed by atoms with E-state index in [0.717, 1.165) is 56.5 Å². The van der Waals surface area contributed by atoms with Crippen molar-refractivity contribution in [2.75, 3.05) is 26.3 Å². The van der Waals surface area contributed by atoms with E-state index in [4.69, 9.17) is 19.6 Å². The fourth-order valence-electron chi connectivity index (χ4n) is 7.78. The van der Waals surface area contributed by atoms with Gasteiger partial charge in [-0.2, -0.15) is 0 Å². The van der Waals surface area contributed by atoms with Crippen LogP contribution in [0.5, 0.6) is 11.5 Å². The predicted octanol–water partition coefficient (Wildman–Crippen LogP) is 7.12. The number of nitrogens with two attached hydrogens (primary N) is 1. The van der Waals surface area contributed by atoms with Gasteiger partial charge in [-0.15, -0.1) is 0 Å². The minimum Gasteiger partial charge on any atom is -0.493 e. The Bertz CT molecular complexity index is 2410. The molecule has 1 unspecified atom stereocenters. The zero-order valence-corrected chi connectivity index (χ0v) is 36.9. The van der Waals surface area contributed by atoms with Crippen LogP contribution in [0.15, 0.2) is 89.5 Å². The van der Waals surface area contributed by atoms with Crippen LogP contribution in [-0.4, -0.2) is 55.1 Å². The fraction of sp³-hybridized carbons (Fsp3) is 0.412. The molecule has 11 nitrogen and oxygen atoms in total. The smallest absolute Gasteiger partial charge is 0.258 e. The quantitative estimate of drug-likeness (QED) is 0.0537. The molecule has 5 N–H and O–H groups in total. The Morgan fingerprint density at radius 1 is 0.839 bits per heavy atom. The molecule has 328 valence electrons. The summed E-state index contributed by atoms with van der Waals surface area (Å²) in [7, 11) is 0. The van der Waals surface area contributed by atoms with Crippen LogP contribution in [-0.2, 0) is 20.8 Å². The molecule has 3 atom stereocenters. The van der Waals surface area contributed by atoms with E-state index in [1.165, 1.54) is 0 Å². The lowest BCUT2D eigenvalue weighted by molar-refractivity contribution is -0.131. The van der Waals surface area contributed by atoms with Gasteiger partial charge in [-0.05, 0) is 102 Å². The molecule has 0 fully saturated rings. The lowest BCUT2D eigenvalue weighted by Crippen LogP contribution is -2.50. The van der Waals surface area contributed by atoms with Crippen molar-refractivity contribution in [2.45, 2.75) is 91.6 Å². The molecule has 11 heteroatoms. The molecule has 3 amide bonds. The maximum atomic E-state index is 13.7. The number of oxazole rings is 1. The molecule has 6 rings (SSSR count). The number of nitrogens with one attached hydrogen (secondary N) is 3. The first kappa shape index (κ1) is 45.6. The van der Waals surface area contributed by atoms with E-state index in [0.29, 0.717) is 74.5 Å². The molecule has 0 aliphatic heterocycles. The molecular formula is C51H63N5O6. The van der Waals surface area contributed by atoms with Crippen LogP contribution in [0.1, 0.15) is 96.4 Å². The van der Waals surface area contributed by atoms with E-state index in [1.807, 2.05) is 60.7 Å². The van der Waals surface area contributed by atoms with Gasteiger partial charge < -0.3 is 35.6 Å². The summed E-state index contributed by atoms with van der Waals surface area (Å²) in [5.41, 5.74) is 8.66. The minimum absolute atomic E-state index is 0.235. The van der Waals surface area contributed by atoms with E-state index in [-0.39, 0.29) is 19.1 Å². The third-order valence-corrected chi connectivity index (χ3v) is 11.0. The number of carbonyl (C=O) groups is 3. The average molecular weight is 842 g/mol. The van der Waals surface area contributed by atoms with E-state index >= 15 is 0 Å². The maximum absolute atomic E-state index is 13.7. The largest absolute Gasteiger partial charge is 0.493 e. The molecule has 0 saturated heterocycles. The number of nitrogens with zero attached hydrogens (tertiary/aromatic N) is 1. The third-order valence-electron chi connectivity index (χ3n) is 11.0. The van der Waals surface area contributed by atoms with E-state index in [1.54, 1.807) is 6.20 Å². The van der Waals surface area contributed by atoms with Crippen molar-refractivity contribution in [1.29, 1.82) is 0 Å². The van der Waals surface area contributed by atoms with Crippen LogP contribution >= 0.6 is 0 Å². The molecule has 0 bridgehead atoms. The van der Waals surface area contributed by atoms with Crippen LogP contribution < -0.4 is 41.6 Å². The lowest BCUT2D eigenvalue weighted by Gasteiger charge is -2.22. The third kappa shape index (κ3) is 12.6.